The van der Waals surface area contributed by atoms with Crippen LogP contribution < -0.4 is 0 Å². The van der Waals surface area contributed by atoms with Crippen LogP contribution in [0.15, 0.2) is 24.3 Å². The van der Waals surface area contributed by atoms with Gasteiger partial charge in [0.25, 0.3) is 0 Å². The molecule has 15 heavy (non-hydrogen) atoms. The van der Waals surface area contributed by atoms with Crippen molar-refractivity contribution in [2.75, 3.05) is 5.75 Å². The molecule has 0 fully saturated rings. The predicted molar refractivity (Wildman–Crippen MR) is 73.0 cm³/mol. The van der Waals surface area contributed by atoms with Crippen molar-refractivity contribution < 1.29 is 0 Å². The van der Waals surface area contributed by atoms with Gasteiger partial charge in [0.15, 0.2) is 0 Å². The van der Waals surface area contributed by atoms with E-state index in [1.807, 2.05) is 33.7 Å². The van der Waals surface area contributed by atoms with E-state index in [-0.39, 0.29) is 0 Å². The Hall–Kier alpha value is -0.520. The Labute approximate surface area is 101 Å². The average molecular weight is 236 g/mol. The van der Waals surface area contributed by atoms with Gasteiger partial charge in [-0.25, -0.2) is 0 Å². The van der Waals surface area contributed by atoms with E-state index in [1.165, 1.54) is 24.2 Å². The van der Waals surface area contributed by atoms with Gasteiger partial charge in [0.2, 0.25) is 0 Å². The fraction of sp³-hybridized carbons (Fsp3) is 0.385. The lowest BCUT2D eigenvalue weighted by molar-refractivity contribution is 0.898. The van der Waals surface area contributed by atoms with Gasteiger partial charge in [0.05, 0.1) is 0 Å². The van der Waals surface area contributed by atoms with Crippen LogP contribution in [0.1, 0.15) is 30.9 Å². The standard InChI is InChI=1S/C13H16S2/c1-3-5-10-14-15-11-13-8-6-12(4-2)7-9-13/h2,6-9H,3,5,10-11H2,1H3. The molecule has 1 rings (SSSR count). The van der Waals surface area contributed by atoms with Gasteiger partial charge in [-0.1, -0.05) is 53.0 Å². The number of unbranched alkanes of at least 4 members (excludes halogenated alkanes) is 1. The van der Waals surface area contributed by atoms with E-state index in [9.17, 15) is 0 Å². The second kappa shape index (κ2) is 7.73. The van der Waals surface area contributed by atoms with Crippen molar-refractivity contribution in [3.05, 3.63) is 35.4 Å². The summed E-state index contributed by atoms with van der Waals surface area (Å²) >= 11 is 0. The van der Waals surface area contributed by atoms with Crippen LogP contribution in [0.2, 0.25) is 0 Å². The number of terminal acetylenes is 1. The summed E-state index contributed by atoms with van der Waals surface area (Å²) in [6, 6.07) is 8.24. The Balaban J connectivity index is 2.23. The van der Waals surface area contributed by atoms with E-state index in [4.69, 9.17) is 6.42 Å². The van der Waals surface area contributed by atoms with Crippen LogP contribution >= 0.6 is 21.6 Å². The molecule has 1 aromatic carbocycles. The Morgan fingerprint density at radius 1 is 1.20 bits per heavy atom. The molecule has 0 aliphatic heterocycles. The van der Waals surface area contributed by atoms with Gasteiger partial charge in [-0.2, -0.15) is 0 Å². The zero-order valence-electron chi connectivity index (χ0n) is 9.03. The third kappa shape index (κ3) is 5.20. The molecule has 0 saturated carbocycles. The minimum atomic E-state index is 0.961. The number of hydrogen-bond acceptors (Lipinski definition) is 2. The first-order valence-corrected chi connectivity index (χ1v) is 7.65. The number of benzene rings is 1. The SMILES string of the molecule is C#Cc1ccc(CSSCCCC)cc1. The lowest BCUT2D eigenvalue weighted by Crippen LogP contribution is -1.80. The van der Waals surface area contributed by atoms with Crippen molar-refractivity contribution >= 4 is 21.6 Å². The van der Waals surface area contributed by atoms with Crippen molar-refractivity contribution in [3.63, 3.8) is 0 Å². The molecule has 0 aromatic heterocycles. The van der Waals surface area contributed by atoms with Gasteiger partial charge in [0.1, 0.15) is 0 Å². The molecule has 0 aliphatic carbocycles. The van der Waals surface area contributed by atoms with Gasteiger partial charge < -0.3 is 0 Å². The normalized spacial score (nSPS) is 9.87. The molecule has 0 spiro atoms. The highest BCUT2D eigenvalue weighted by atomic mass is 33.1. The molecule has 0 bridgehead atoms. The molecule has 0 heterocycles. The smallest absolute Gasteiger partial charge is 0.0288 e. The van der Waals surface area contributed by atoms with Gasteiger partial charge in [-0.3, -0.25) is 0 Å². The number of hydrogen-bond donors (Lipinski definition) is 0. The zero-order chi connectivity index (χ0) is 10.9. The van der Waals surface area contributed by atoms with Crippen LogP contribution in [-0.2, 0) is 5.75 Å². The Morgan fingerprint density at radius 2 is 1.93 bits per heavy atom. The molecule has 0 amide bonds. The van der Waals surface area contributed by atoms with Crippen molar-refractivity contribution in [2.45, 2.75) is 25.5 Å². The summed E-state index contributed by atoms with van der Waals surface area (Å²) in [6.07, 6.45) is 7.89. The molecule has 0 atom stereocenters. The Morgan fingerprint density at radius 3 is 2.53 bits per heavy atom. The zero-order valence-corrected chi connectivity index (χ0v) is 10.7. The summed E-state index contributed by atoms with van der Waals surface area (Å²) in [6.45, 7) is 2.23. The van der Waals surface area contributed by atoms with E-state index >= 15 is 0 Å². The van der Waals surface area contributed by atoms with E-state index < -0.39 is 0 Å². The minimum Gasteiger partial charge on any atom is -0.115 e. The lowest BCUT2D eigenvalue weighted by Gasteiger charge is -2.01. The van der Waals surface area contributed by atoms with Gasteiger partial charge >= 0.3 is 0 Å². The maximum Gasteiger partial charge on any atom is 0.0288 e. The highest BCUT2D eigenvalue weighted by molar-refractivity contribution is 8.76. The molecule has 0 radical (unpaired) electrons. The number of rotatable bonds is 6. The van der Waals surface area contributed by atoms with Crippen LogP contribution in [0.3, 0.4) is 0 Å². The summed E-state index contributed by atoms with van der Waals surface area (Å²) in [7, 11) is 3.88. The molecule has 0 nitrogen and oxygen atoms in total. The van der Waals surface area contributed by atoms with E-state index in [2.05, 4.69) is 25.0 Å². The van der Waals surface area contributed by atoms with Crippen LogP contribution in [-0.4, -0.2) is 5.75 Å². The summed E-state index contributed by atoms with van der Waals surface area (Å²) in [5.74, 6) is 4.95. The fourth-order valence-corrected chi connectivity index (χ4v) is 3.37. The van der Waals surface area contributed by atoms with E-state index in [0.717, 1.165) is 11.3 Å². The van der Waals surface area contributed by atoms with Crippen LogP contribution in [0, 0.1) is 12.3 Å². The topological polar surface area (TPSA) is 0 Å². The van der Waals surface area contributed by atoms with Crippen molar-refractivity contribution in [2.24, 2.45) is 0 Å². The molecule has 80 valence electrons. The van der Waals surface area contributed by atoms with Crippen LogP contribution in [0.4, 0.5) is 0 Å². The van der Waals surface area contributed by atoms with Gasteiger partial charge in [-0.05, 0) is 24.1 Å². The third-order valence-corrected chi connectivity index (χ3v) is 4.44. The summed E-state index contributed by atoms with van der Waals surface area (Å²) in [5.41, 5.74) is 2.31. The quantitative estimate of drug-likeness (QED) is 0.409. The maximum atomic E-state index is 5.30. The Bertz CT molecular complexity index is 308. The molecule has 1 aromatic rings. The Kier molecular flexibility index (Phi) is 6.47. The first-order valence-electron chi connectivity index (χ1n) is 5.16. The van der Waals surface area contributed by atoms with Crippen molar-refractivity contribution in [1.82, 2.24) is 0 Å². The largest absolute Gasteiger partial charge is 0.115 e. The van der Waals surface area contributed by atoms with Crippen molar-refractivity contribution in [1.29, 1.82) is 0 Å². The monoisotopic (exact) mass is 236 g/mol. The summed E-state index contributed by atoms with van der Waals surface area (Å²) in [4.78, 5) is 0. The summed E-state index contributed by atoms with van der Waals surface area (Å²) in [5, 5.41) is 0. The van der Waals surface area contributed by atoms with Crippen LogP contribution in [0.25, 0.3) is 0 Å². The molecule has 0 unspecified atom stereocenters. The molecule has 2 heteroatoms. The van der Waals surface area contributed by atoms with Gasteiger partial charge in [0, 0.05) is 17.1 Å². The first kappa shape index (κ1) is 12.5. The van der Waals surface area contributed by atoms with E-state index in [0.29, 0.717) is 0 Å². The first-order chi connectivity index (χ1) is 7.36. The molecular weight excluding hydrogens is 220 g/mol. The fourth-order valence-electron chi connectivity index (χ4n) is 1.07. The third-order valence-electron chi connectivity index (χ3n) is 2.01. The molecule has 0 aliphatic rings. The van der Waals surface area contributed by atoms with Crippen LogP contribution in [0.5, 0.6) is 0 Å². The van der Waals surface area contributed by atoms with Gasteiger partial charge in [-0.15, -0.1) is 6.42 Å². The second-order valence-corrected chi connectivity index (χ2v) is 5.86. The minimum absolute atomic E-state index is 0.961. The average Bonchev–Trinajstić information content (AvgIpc) is 2.30. The van der Waals surface area contributed by atoms with Crippen molar-refractivity contribution in [3.8, 4) is 12.3 Å². The summed E-state index contributed by atoms with van der Waals surface area (Å²) < 4.78 is 0. The predicted octanol–water partition coefficient (Wildman–Crippen LogP) is 4.35. The highest BCUT2D eigenvalue weighted by Gasteiger charge is 1.94. The lowest BCUT2D eigenvalue weighted by atomic mass is 10.2. The van der Waals surface area contributed by atoms with E-state index in [1.54, 1.807) is 0 Å². The highest BCUT2D eigenvalue weighted by Crippen LogP contribution is 2.26. The molecule has 0 saturated heterocycles. The maximum absolute atomic E-state index is 5.30. The molecular formula is C13H16S2. The second-order valence-electron chi connectivity index (χ2n) is 3.28. The molecule has 0 N–H and O–H groups in total.